The van der Waals surface area contributed by atoms with E-state index in [1.807, 2.05) is 0 Å². The van der Waals surface area contributed by atoms with Gasteiger partial charge in [-0.1, -0.05) is 48.9 Å². The highest BCUT2D eigenvalue weighted by atomic mass is 16.5. The van der Waals surface area contributed by atoms with Crippen molar-refractivity contribution in [2.24, 2.45) is 5.73 Å². The molecule has 0 aliphatic heterocycles. The summed E-state index contributed by atoms with van der Waals surface area (Å²) in [6.07, 6.45) is 1.97. The first-order chi connectivity index (χ1) is 10.2. The Labute approximate surface area is 127 Å². The lowest BCUT2D eigenvalue weighted by Crippen LogP contribution is -2.16. The molecule has 0 saturated carbocycles. The molecule has 21 heavy (non-hydrogen) atoms. The number of hydrogen-bond donors (Lipinski definition) is 1. The molecular weight excluding hydrogens is 258 g/mol. The minimum Gasteiger partial charge on any atom is -0.496 e. The predicted octanol–water partition coefficient (Wildman–Crippen LogP) is 3.85. The zero-order valence-electron chi connectivity index (χ0n) is 13.2. The number of aryl methyl sites for hydroxylation is 2. The van der Waals surface area contributed by atoms with Crippen molar-refractivity contribution in [1.82, 2.24) is 0 Å². The molecule has 2 aromatic rings. The maximum atomic E-state index is 6.04. The Bertz CT molecular complexity index is 575. The standard InChI is InChI=1S/C19H25NO/c1-4-15-9-10-19(21-3)18(12-15)17(13-20)11-16-7-5-14(2)6-8-16/h5-10,12,17H,4,11,13,20H2,1-3H3. The highest BCUT2D eigenvalue weighted by molar-refractivity contribution is 5.41. The van der Waals surface area contributed by atoms with Gasteiger partial charge in [-0.15, -0.1) is 0 Å². The molecule has 0 aliphatic carbocycles. The number of rotatable bonds is 6. The first-order valence-electron chi connectivity index (χ1n) is 7.60. The number of ether oxygens (including phenoxy) is 1. The topological polar surface area (TPSA) is 35.2 Å². The van der Waals surface area contributed by atoms with E-state index in [-0.39, 0.29) is 5.92 Å². The Morgan fingerprint density at radius 1 is 1.05 bits per heavy atom. The average molecular weight is 283 g/mol. The Morgan fingerprint density at radius 3 is 2.29 bits per heavy atom. The summed E-state index contributed by atoms with van der Waals surface area (Å²) in [4.78, 5) is 0. The molecule has 2 nitrogen and oxygen atoms in total. The molecule has 0 aliphatic rings. The van der Waals surface area contributed by atoms with Gasteiger partial charge in [-0.05, 0) is 49.1 Å². The van der Waals surface area contributed by atoms with Crippen LogP contribution in [0.25, 0.3) is 0 Å². The van der Waals surface area contributed by atoms with Crippen molar-refractivity contribution >= 4 is 0 Å². The van der Waals surface area contributed by atoms with Gasteiger partial charge >= 0.3 is 0 Å². The van der Waals surface area contributed by atoms with Crippen LogP contribution in [0.2, 0.25) is 0 Å². The maximum Gasteiger partial charge on any atom is 0.122 e. The smallest absolute Gasteiger partial charge is 0.122 e. The Hall–Kier alpha value is -1.80. The molecule has 2 aromatic carbocycles. The van der Waals surface area contributed by atoms with Crippen molar-refractivity contribution in [3.8, 4) is 5.75 Å². The molecule has 0 amide bonds. The van der Waals surface area contributed by atoms with Crippen LogP contribution in [0.4, 0.5) is 0 Å². The number of methoxy groups -OCH3 is 1. The Morgan fingerprint density at radius 2 is 1.71 bits per heavy atom. The molecule has 1 unspecified atom stereocenters. The number of benzene rings is 2. The van der Waals surface area contributed by atoms with Crippen LogP contribution in [-0.4, -0.2) is 13.7 Å². The molecule has 112 valence electrons. The van der Waals surface area contributed by atoms with Gasteiger partial charge in [0.1, 0.15) is 5.75 Å². The summed E-state index contributed by atoms with van der Waals surface area (Å²) in [5.74, 6) is 1.23. The lowest BCUT2D eigenvalue weighted by Gasteiger charge is -2.19. The summed E-state index contributed by atoms with van der Waals surface area (Å²) >= 11 is 0. The fraction of sp³-hybridized carbons (Fsp3) is 0.368. The summed E-state index contributed by atoms with van der Waals surface area (Å²) in [6.45, 7) is 4.90. The summed E-state index contributed by atoms with van der Waals surface area (Å²) in [6, 6.07) is 15.1. The van der Waals surface area contributed by atoms with E-state index in [0.717, 1.165) is 18.6 Å². The summed E-state index contributed by atoms with van der Waals surface area (Å²) < 4.78 is 5.53. The van der Waals surface area contributed by atoms with Crippen molar-refractivity contribution in [3.05, 3.63) is 64.7 Å². The first-order valence-corrected chi connectivity index (χ1v) is 7.60. The van der Waals surface area contributed by atoms with E-state index in [1.165, 1.54) is 22.3 Å². The molecule has 0 saturated heterocycles. The highest BCUT2D eigenvalue weighted by Gasteiger charge is 2.16. The molecule has 0 heterocycles. The minimum absolute atomic E-state index is 0.286. The van der Waals surface area contributed by atoms with Gasteiger partial charge in [-0.2, -0.15) is 0 Å². The average Bonchev–Trinajstić information content (AvgIpc) is 2.53. The third kappa shape index (κ3) is 3.85. The molecule has 2 N–H and O–H groups in total. The van der Waals surface area contributed by atoms with Crippen LogP contribution >= 0.6 is 0 Å². The largest absolute Gasteiger partial charge is 0.496 e. The van der Waals surface area contributed by atoms with Crippen LogP contribution in [0, 0.1) is 6.92 Å². The molecule has 0 radical (unpaired) electrons. The van der Waals surface area contributed by atoms with Crippen LogP contribution in [0.5, 0.6) is 5.75 Å². The van der Waals surface area contributed by atoms with Gasteiger partial charge in [0.15, 0.2) is 0 Å². The van der Waals surface area contributed by atoms with E-state index in [1.54, 1.807) is 7.11 Å². The summed E-state index contributed by atoms with van der Waals surface area (Å²) in [5, 5.41) is 0. The van der Waals surface area contributed by atoms with Crippen LogP contribution < -0.4 is 10.5 Å². The second kappa shape index (κ2) is 7.28. The van der Waals surface area contributed by atoms with Crippen molar-refractivity contribution < 1.29 is 4.74 Å². The number of hydrogen-bond acceptors (Lipinski definition) is 2. The van der Waals surface area contributed by atoms with E-state index in [9.17, 15) is 0 Å². The van der Waals surface area contributed by atoms with Gasteiger partial charge in [0.05, 0.1) is 7.11 Å². The minimum atomic E-state index is 0.286. The summed E-state index contributed by atoms with van der Waals surface area (Å²) in [5.41, 5.74) is 11.2. The van der Waals surface area contributed by atoms with Crippen molar-refractivity contribution in [3.63, 3.8) is 0 Å². The van der Waals surface area contributed by atoms with Gasteiger partial charge in [-0.3, -0.25) is 0 Å². The lowest BCUT2D eigenvalue weighted by atomic mass is 9.89. The normalized spacial score (nSPS) is 12.2. The lowest BCUT2D eigenvalue weighted by molar-refractivity contribution is 0.405. The van der Waals surface area contributed by atoms with Gasteiger partial charge in [0, 0.05) is 5.92 Å². The van der Waals surface area contributed by atoms with E-state index < -0.39 is 0 Å². The van der Waals surface area contributed by atoms with Crippen molar-refractivity contribution in [2.75, 3.05) is 13.7 Å². The molecule has 0 bridgehead atoms. The van der Waals surface area contributed by atoms with Gasteiger partial charge < -0.3 is 10.5 Å². The fourth-order valence-electron chi connectivity index (χ4n) is 2.65. The molecule has 0 aromatic heterocycles. The number of nitrogens with two attached hydrogens (primary N) is 1. The zero-order valence-corrected chi connectivity index (χ0v) is 13.2. The van der Waals surface area contributed by atoms with Gasteiger partial charge in [0.2, 0.25) is 0 Å². The van der Waals surface area contributed by atoms with Gasteiger partial charge in [0.25, 0.3) is 0 Å². The molecule has 1 atom stereocenters. The van der Waals surface area contributed by atoms with Crippen LogP contribution in [0.15, 0.2) is 42.5 Å². The maximum absolute atomic E-state index is 6.04. The second-order valence-electron chi connectivity index (χ2n) is 5.55. The predicted molar refractivity (Wildman–Crippen MR) is 89.1 cm³/mol. The van der Waals surface area contributed by atoms with E-state index in [0.29, 0.717) is 6.54 Å². The molecule has 0 spiro atoms. The molecular formula is C19H25NO. The van der Waals surface area contributed by atoms with Gasteiger partial charge in [-0.25, -0.2) is 0 Å². The van der Waals surface area contributed by atoms with E-state index in [4.69, 9.17) is 10.5 Å². The van der Waals surface area contributed by atoms with E-state index in [2.05, 4.69) is 56.3 Å². The quantitative estimate of drug-likeness (QED) is 0.874. The van der Waals surface area contributed by atoms with Crippen molar-refractivity contribution in [1.29, 1.82) is 0 Å². The van der Waals surface area contributed by atoms with E-state index >= 15 is 0 Å². The van der Waals surface area contributed by atoms with Crippen LogP contribution in [0.3, 0.4) is 0 Å². The first kappa shape index (κ1) is 15.6. The second-order valence-corrected chi connectivity index (χ2v) is 5.55. The molecule has 2 heteroatoms. The van der Waals surface area contributed by atoms with Crippen molar-refractivity contribution in [2.45, 2.75) is 32.6 Å². The fourth-order valence-corrected chi connectivity index (χ4v) is 2.65. The van der Waals surface area contributed by atoms with Crippen LogP contribution in [0.1, 0.15) is 35.1 Å². The Balaban J connectivity index is 2.29. The van der Waals surface area contributed by atoms with Crippen LogP contribution in [-0.2, 0) is 12.8 Å². The third-order valence-corrected chi connectivity index (χ3v) is 4.03. The summed E-state index contributed by atoms with van der Waals surface area (Å²) in [7, 11) is 1.73. The molecule has 0 fully saturated rings. The third-order valence-electron chi connectivity index (χ3n) is 4.03. The zero-order chi connectivity index (χ0) is 15.2. The SMILES string of the molecule is CCc1ccc(OC)c(C(CN)Cc2ccc(C)cc2)c1. The Kier molecular flexibility index (Phi) is 5.40. The highest BCUT2D eigenvalue weighted by Crippen LogP contribution is 2.30. The molecule has 2 rings (SSSR count). The monoisotopic (exact) mass is 283 g/mol.